The Morgan fingerprint density at radius 1 is 0.633 bits per heavy atom. The van der Waals surface area contributed by atoms with Gasteiger partial charge in [0.05, 0.1) is 10.1 Å². The summed E-state index contributed by atoms with van der Waals surface area (Å²) in [6, 6.07) is 29.5. The molecule has 5 heteroatoms. The number of hydrogen-bond donors (Lipinski definition) is 0. The van der Waals surface area contributed by atoms with E-state index in [0.717, 1.165) is 26.2 Å². The van der Waals surface area contributed by atoms with Crippen molar-refractivity contribution in [1.29, 1.82) is 0 Å². The molecule has 156 valence electrons. The van der Waals surface area contributed by atoms with Crippen LogP contribution in [0.15, 0.2) is 95.9 Å². The van der Waals surface area contributed by atoms with Gasteiger partial charge in [0.2, 0.25) is 0 Å². The minimum Gasteiger partial charge on any atom is -0.296 e. The van der Waals surface area contributed by atoms with Gasteiger partial charge in [0, 0.05) is 39.3 Å². The summed E-state index contributed by atoms with van der Waals surface area (Å²) in [5.41, 5.74) is 2.43. The molecule has 3 aromatic carbocycles. The first-order valence-electron chi connectivity index (χ1n) is 10.4. The van der Waals surface area contributed by atoms with Gasteiger partial charge in [-0.05, 0) is 23.3 Å². The van der Waals surface area contributed by atoms with Gasteiger partial charge in [0.15, 0.2) is 9.84 Å². The number of nitrogens with zero attached hydrogens (tertiary/aromatic N) is 2. The lowest BCUT2D eigenvalue weighted by Crippen LogP contribution is -2.39. The Morgan fingerprint density at radius 3 is 1.47 bits per heavy atom. The van der Waals surface area contributed by atoms with Crippen LogP contribution in [0.1, 0.15) is 11.1 Å². The largest absolute Gasteiger partial charge is 0.296 e. The van der Waals surface area contributed by atoms with E-state index in [2.05, 4.69) is 34.1 Å². The van der Waals surface area contributed by atoms with Crippen molar-refractivity contribution >= 4 is 9.84 Å². The highest BCUT2D eigenvalue weighted by molar-refractivity contribution is 7.92. The molecule has 0 amide bonds. The lowest BCUT2D eigenvalue weighted by molar-refractivity contribution is 0.247. The molecule has 1 aliphatic heterocycles. The third-order valence-corrected chi connectivity index (χ3v) is 7.77. The number of sulfone groups is 1. The Labute approximate surface area is 179 Å². The highest BCUT2D eigenvalue weighted by Gasteiger charge is 2.33. The fourth-order valence-electron chi connectivity index (χ4n) is 4.07. The molecule has 4 rings (SSSR count). The Kier molecular flexibility index (Phi) is 6.62. The van der Waals surface area contributed by atoms with Crippen LogP contribution in [0.5, 0.6) is 0 Å². The second-order valence-electron chi connectivity index (χ2n) is 7.92. The normalized spacial score (nSPS) is 16.9. The van der Waals surface area contributed by atoms with Crippen molar-refractivity contribution in [3.05, 3.63) is 102 Å². The zero-order chi connectivity index (χ0) is 20.8. The summed E-state index contributed by atoms with van der Waals surface area (Å²) in [4.78, 5) is 4.98. The van der Waals surface area contributed by atoms with E-state index >= 15 is 0 Å². The standard InChI is InChI=1S/C25H28N2O2S/c28-30(29,24-14-8-3-9-15-24)25-20-26(18-22-10-4-1-5-11-22)16-17-27(21-25)19-23-12-6-2-7-13-23/h1-15,25H,16-21H2. The van der Waals surface area contributed by atoms with Crippen molar-refractivity contribution in [3.63, 3.8) is 0 Å². The first-order valence-corrected chi connectivity index (χ1v) is 12.0. The third-order valence-electron chi connectivity index (χ3n) is 5.66. The maximum Gasteiger partial charge on any atom is 0.183 e. The monoisotopic (exact) mass is 420 g/mol. The highest BCUT2D eigenvalue weighted by atomic mass is 32.2. The Morgan fingerprint density at radius 2 is 1.03 bits per heavy atom. The second-order valence-corrected chi connectivity index (χ2v) is 10.1. The van der Waals surface area contributed by atoms with Gasteiger partial charge in [-0.15, -0.1) is 0 Å². The van der Waals surface area contributed by atoms with Crippen LogP contribution in [0.3, 0.4) is 0 Å². The summed E-state index contributed by atoms with van der Waals surface area (Å²) in [5.74, 6) is 0. The fraction of sp³-hybridized carbons (Fsp3) is 0.280. The fourth-order valence-corrected chi connectivity index (χ4v) is 5.80. The van der Waals surface area contributed by atoms with Crippen LogP contribution in [0, 0.1) is 0 Å². The zero-order valence-corrected chi connectivity index (χ0v) is 17.9. The van der Waals surface area contributed by atoms with E-state index in [4.69, 9.17) is 0 Å². The van der Waals surface area contributed by atoms with Crippen molar-refractivity contribution in [2.75, 3.05) is 26.2 Å². The van der Waals surface area contributed by atoms with Crippen LogP contribution in [-0.4, -0.2) is 49.6 Å². The molecule has 1 aliphatic rings. The van der Waals surface area contributed by atoms with Crippen molar-refractivity contribution < 1.29 is 8.42 Å². The molecule has 0 radical (unpaired) electrons. The Bertz CT molecular complexity index is 973. The molecule has 0 unspecified atom stereocenters. The lowest BCUT2D eigenvalue weighted by atomic mass is 10.2. The van der Waals surface area contributed by atoms with Crippen LogP contribution in [0.2, 0.25) is 0 Å². The second kappa shape index (κ2) is 9.56. The van der Waals surface area contributed by atoms with Gasteiger partial charge < -0.3 is 0 Å². The molecule has 1 saturated heterocycles. The summed E-state index contributed by atoms with van der Waals surface area (Å²) in [5, 5.41) is -0.463. The third kappa shape index (κ3) is 5.17. The first kappa shape index (κ1) is 20.8. The molecule has 30 heavy (non-hydrogen) atoms. The van der Waals surface area contributed by atoms with E-state index in [0.29, 0.717) is 18.0 Å². The van der Waals surface area contributed by atoms with Crippen molar-refractivity contribution in [3.8, 4) is 0 Å². The molecule has 0 N–H and O–H groups in total. The summed E-state index contributed by atoms with van der Waals surface area (Å²) in [6.45, 7) is 4.31. The predicted molar refractivity (Wildman–Crippen MR) is 121 cm³/mol. The maximum atomic E-state index is 13.5. The van der Waals surface area contributed by atoms with E-state index in [-0.39, 0.29) is 0 Å². The number of hydrogen-bond acceptors (Lipinski definition) is 4. The SMILES string of the molecule is O=S(=O)(c1ccccc1)C1CN(Cc2ccccc2)CCN(Cc2ccccc2)C1. The highest BCUT2D eigenvalue weighted by Crippen LogP contribution is 2.22. The van der Waals surface area contributed by atoms with Gasteiger partial charge in [-0.2, -0.15) is 0 Å². The molecule has 4 nitrogen and oxygen atoms in total. The summed E-state index contributed by atoms with van der Waals surface area (Å²) in [6.07, 6.45) is 0. The van der Waals surface area contributed by atoms with Crippen LogP contribution < -0.4 is 0 Å². The van der Waals surface area contributed by atoms with Gasteiger partial charge in [-0.25, -0.2) is 8.42 Å². The summed E-state index contributed by atoms with van der Waals surface area (Å²) >= 11 is 0. The average Bonchev–Trinajstić information content (AvgIpc) is 2.98. The lowest BCUT2D eigenvalue weighted by Gasteiger charge is -2.25. The molecule has 0 aromatic heterocycles. The Hall–Kier alpha value is -2.47. The summed E-state index contributed by atoms with van der Waals surface area (Å²) in [7, 11) is -3.42. The maximum absolute atomic E-state index is 13.5. The number of benzene rings is 3. The topological polar surface area (TPSA) is 40.6 Å². The molecular formula is C25H28N2O2S. The van der Waals surface area contributed by atoms with E-state index in [1.165, 1.54) is 11.1 Å². The van der Waals surface area contributed by atoms with Crippen molar-refractivity contribution in [1.82, 2.24) is 9.80 Å². The minimum atomic E-state index is -3.42. The van der Waals surface area contributed by atoms with Gasteiger partial charge in [-0.1, -0.05) is 78.9 Å². The van der Waals surface area contributed by atoms with Gasteiger partial charge >= 0.3 is 0 Å². The zero-order valence-electron chi connectivity index (χ0n) is 17.1. The molecule has 0 bridgehead atoms. The van der Waals surface area contributed by atoms with E-state index < -0.39 is 15.1 Å². The quantitative estimate of drug-likeness (QED) is 0.607. The molecule has 0 saturated carbocycles. The molecule has 3 aromatic rings. The van der Waals surface area contributed by atoms with Crippen molar-refractivity contribution in [2.24, 2.45) is 0 Å². The molecule has 1 fully saturated rings. The molecule has 0 atom stereocenters. The Balaban J connectivity index is 1.58. The summed E-state index contributed by atoms with van der Waals surface area (Å²) < 4.78 is 27.0. The van der Waals surface area contributed by atoms with Crippen molar-refractivity contribution in [2.45, 2.75) is 23.2 Å². The molecular weight excluding hydrogens is 392 g/mol. The van der Waals surface area contributed by atoms with Crippen LogP contribution in [0.4, 0.5) is 0 Å². The van der Waals surface area contributed by atoms with E-state index in [1.54, 1.807) is 24.3 Å². The van der Waals surface area contributed by atoms with Gasteiger partial charge in [-0.3, -0.25) is 9.80 Å². The van der Waals surface area contributed by atoms with E-state index in [9.17, 15) is 8.42 Å². The predicted octanol–water partition coefficient (Wildman–Crippen LogP) is 3.85. The molecule has 0 spiro atoms. The number of rotatable bonds is 6. The van der Waals surface area contributed by atoms with Crippen LogP contribution >= 0.6 is 0 Å². The van der Waals surface area contributed by atoms with Crippen LogP contribution in [0.25, 0.3) is 0 Å². The van der Waals surface area contributed by atoms with Gasteiger partial charge in [0.1, 0.15) is 0 Å². The van der Waals surface area contributed by atoms with Crippen LogP contribution in [-0.2, 0) is 22.9 Å². The smallest absolute Gasteiger partial charge is 0.183 e. The van der Waals surface area contributed by atoms with E-state index in [1.807, 2.05) is 42.5 Å². The van der Waals surface area contributed by atoms with Gasteiger partial charge in [0.25, 0.3) is 0 Å². The minimum absolute atomic E-state index is 0.413. The molecule has 1 heterocycles. The molecule has 0 aliphatic carbocycles. The average molecular weight is 421 g/mol. The first-order chi connectivity index (χ1) is 14.6.